The number of rotatable bonds is 5. The van der Waals surface area contributed by atoms with E-state index in [2.05, 4.69) is 33.9 Å². The molecular weight excluding hydrogens is 397 g/mol. The van der Waals surface area contributed by atoms with Gasteiger partial charge in [-0.15, -0.1) is 0 Å². The van der Waals surface area contributed by atoms with Gasteiger partial charge in [-0.25, -0.2) is 0 Å². The van der Waals surface area contributed by atoms with Crippen LogP contribution in [0.25, 0.3) is 0 Å². The van der Waals surface area contributed by atoms with Crippen molar-refractivity contribution in [3.8, 4) is 0 Å². The van der Waals surface area contributed by atoms with Crippen LogP contribution in [0.15, 0.2) is 12.2 Å². The maximum atomic E-state index is 7.93. The van der Waals surface area contributed by atoms with Crippen LogP contribution in [0.1, 0.15) is 53.4 Å². The summed E-state index contributed by atoms with van der Waals surface area (Å²) in [6, 6.07) is 0. The molecule has 0 bridgehead atoms. The van der Waals surface area contributed by atoms with Crippen LogP contribution in [0.5, 0.6) is 0 Å². The number of ether oxygens (including phenoxy) is 1. The highest BCUT2D eigenvalue weighted by Gasteiger charge is 2.43. The first-order valence-electron chi connectivity index (χ1n) is 8.92. The molecule has 0 aromatic carbocycles. The number of alkyl halides is 3. The summed E-state index contributed by atoms with van der Waals surface area (Å²) in [6.45, 7) is 13.2. The molecule has 25 heavy (non-hydrogen) atoms. The van der Waals surface area contributed by atoms with Crippen LogP contribution in [0.3, 0.4) is 0 Å². The normalized spacial score (nSPS) is 24.4. The quantitative estimate of drug-likeness (QED) is 0.170. The van der Waals surface area contributed by atoms with Gasteiger partial charge in [-0.1, -0.05) is 74.5 Å². The molecule has 1 N–H and O–H groups in total. The molecule has 0 spiro atoms. The zero-order valence-electron chi connectivity index (χ0n) is 16.2. The lowest BCUT2D eigenvalue weighted by molar-refractivity contribution is 0.0191. The van der Waals surface area contributed by atoms with Gasteiger partial charge >= 0.3 is 0 Å². The molecule has 0 amide bonds. The Morgan fingerprint density at radius 3 is 2.20 bits per heavy atom. The predicted molar refractivity (Wildman–Crippen MR) is 112 cm³/mol. The number of allylic oxidation sites excluding steroid dienone is 1. The number of hydrogen-bond acceptors (Lipinski definition) is 3. The molecule has 7 heteroatoms. The zero-order valence-corrected chi connectivity index (χ0v) is 19.4. The van der Waals surface area contributed by atoms with Gasteiger partial charge in [-0.2, -0.15) is 0 Å². The Hall–Kier alpha value is 0.257. The highest BCUT2D eigenvalue weighted by molar-refractivity contribution is 6.76. The Labute approximate surface area is 169 Å². The summed E-state index contributed by atoms with van der Waals surface area (Å²) in [5.41, 5.74) is 0. The lowest BCUT2D eigenvalue weighted by Crippen LogP contribution is -2.49. The van der Waals surface area contributed by atoms with Crippen molar-refractivity contribution >= 4 is 49.0 Å². The molecule has 0 heterocycles. The summed E-state index contributed by atoms with van der Waals surface area (Å²) >= 11 is 17.4. The smallest absolute Gasteiger partial charge is 0.265 e. The van der Waals surface area contributed by atoms with Crippen molar-refractivity contribution in [2.24, 2.45) is 5.92 Å². The fourth-order valence-electron chi connectivity index (χ4n) is 2.86. The predicted octanol–water partition coefficient (Wildman–Crippen LogP) is 6.88. The molecule has 3 atom stereocenters. The van der Waals surface area contributed by atoms with Crippen molar-refractivity contribution in [2.75, 3.05) is 0 Å². The molecule has 1 fully saturated rings. The lowest BCUT2D eigenvalue weighted by Gasteiger charge is -2.44. The molecule has 0 aromatic rings. The van der Waals surface area contributed by atoms with Gasteiger partial charge in [0.15, 0.2) is 8.32 Å². The summed E-state index contributed by atoms with van der Waals surface area (Å²) in [6.07, 6.45) is 7.94. The molecule has 146 valence electrons. The summed E-state index contributed by atoms with van der Waals surface area (Å²) in [4.78, 5) is 0. The van der Waals surface area contributed by atoms with Gasteiger partial charge in [0.2, 0.25) is 5.90 Å². The fourth-order valence-corrected chi connectivity index (χ4v) is 4.40. The molecule has 0 radical (unpaired) electrons. The maximum Gasteiger partial charge on any atom is 0.265 e. The second kappa shape index (κ2) is 8.96. The van der Waals surface area contributed by atoms with Crippen LogP contribution in [0.2, 0.25) is 18.1 Å². The second-order valence-corrected chi connectivity index (χ2v) is 15.3. The third kappa shape index (κ3) is 6.73. The van der Waals surface area contributed by atoms with E-state index in [1.807, 2.05) is 19.1 Å². The molecular formula is C18H32Cl3NO2Si. The molecule has 1 rings (SSSR count). The van der Waals surface area contributed by atoms with E-state index < -0.39 is 12.1 Å². The van der Waals surface area contributed by atoms with Crippen LogP contribution < -0.4 is 0 Å². The third-order valence-corrected chi connectivity index (χ3v) is 10.3. The van der Waals surface area contributed by atoms with E-state index in [-0.39, 0.29) is 29.1 Å². The van der Waals surface area contributed by atoms with Crippen LogP contribution in [0.4, 0.5) is 0 Å². The van der Waals surface area contributed by atoms with E-state index in [9.17, 15) is 0 Å². The van der Waals surface area contributed by atoms with E-state index in [0.717, 1.165) is 25.7 Å². The van der Waals surface area contributed by atoms with E-state index in [4.69, 9.17) is 49.4 Å². The van der Waals surface area contributed by atoms with Crippen LogP contribution in [-0.4, -0.2) is 30.2 Å². The van der Waals surface area contributed by atoms with Gasteiger partial charge in [-0.3, -0.25) is 5.41 Å². The SMILES string of the molecule is C/C=C/[C@H](OC(=N)C(Cl)(Cl)Cl)[C@@H]1CCCC[C@@H]1O[Si](C)(C)C(C)(C)C. The third-order valence-electron chi connectivity index (χ3n) is 5.32. The Balaban J connectivity index is 2.99. The molecule has 0 aromatic heterocycles. The maximum absolute atomic E-state index is 7.93. The first kappa shape index (κ1) is 23.3. The zero-order chi connectivity index (χ0) is 19.5. The van der Waals surface area contributed by atoms with Gasteiger partial charge in [0.05, 0.1) is 6.10 Å². The summed E-state index contributed by atoms with van der Waals surface area (Å²) < 4.78 is 10.6. The Morgan fingerprint density at radius 2 is 1.72 bits per heavy atom. The molecule has 0 saturated heterocycles. The minimum Gasteiger partial charge on any atom is -0.470 e. The van der Waals surface area contributed by atoms with E-state index in [1.54, 1.807) is 0 Å². The highest BCUT2D eigenvalue weighted by atomic mass is 35.6. The van der Waals surface area contributed by atoms with Gasteiger partial charge in [0.1, 0.15) is 6.10 Å². The van der Waals surface area contributed by atoms with Crippen molar-refractivity contribution in [3.63, 3.8) is 0 Å². The summed E-state index contributed by atoms with van der Waals surface area (Å²) in [5.74, 6) is -0.177. The van der Waals surface area contributed by atoms with E-state index in [1.165, 1.54) is 0 Å². The monoisotopic (exact) mass is 427 g/mol. The molecule has 0 aliphatic heterocycles. The molecule has 0 unspecified atom stereocenters. The van der Waals surface area contributed by atoms with Crippen molar-refractivity contribution in [1.29, 1.82) is 5.41 Å². The van der Waals surface area contributed by atoms with Crippen LogP contribution in [0, 0.1) is 11.3 Å². The first-order chi connectivity index (χ1) is 11.3. The van der Waals surface area contributed by atoms with E-state index >= 15 is 0 Å². The van der Waals surface area contributed by atoms with Crippen molar-refractivity contribution in [3.05, 3.63) is 12.2 Å². The largest absolute Gasteiger partial charge is 0.470 e. The topological polar surface area (TPSA) is 42.3 Å². The van der Waals surface area contributed by atoms with Crippen LogP contribution >= 0.6 is 34.8 Å². The first-order valence-corrected chi connectivity index (χ1v) is 13.0. The number of hydrogen-bond donors (Lipinski definition) is 1. The Kier molecular flexibility index (Phi) is 8.35. The number of nitrogens with one attached hydrogen (secondary N) is 1. The fraction of sp³-hybridized carbons (Fsp3) is 0.833. The number of halogens is 3. The summed E-state index contributed by atoms with van der Waals surface area (Å²) in [7, 11) is -1.89. The molecule has 1 aliphatic rings. The molecule has 1 aliphatic carbocycles. The average molecular weight is 429 g/mol. The van der Waals surface area contributed by atoms with E-state index in [0.29, 0.717) is 0 Å². The van der Waals surface area contributed by atoms with Crippen molar-refractivity contribution < 1.29 is 9.16 Å². The van der Waals surface area contributed by atoms with Crippen LogP contribution in [-0.2, 0) is 9.16 Å². The van der Waals surface area contributed by atoms with Gasteiger partial charge in [0.25, 0.3) is 3.79 Å². The average Bonchev–Trinajstić information content (AvgIpc) is 2.44. The molecule has 1 saturated carbocycles. The van der Waals surface area contributed by atoms with Gasteiger partial charge < -0.3 is 9.16 Å². The molecule has 3 nitrogen and oxygen atoms in total. The minimum absolute atomic E-state index is 0.110. The minimum atomic E-state index is -1.89. The standard InChI is InChI=1S/C18H32Cl3NO2Si/c1-7-10-14(23-16(22)18(19,20)21)13-11-8-9-12-15(13)24-25(5,6)17(2,3)4/h7,10,13-15,22H,8-9,11-12H2,1-6H3/b10-7+,22-16?/t13-,14-,15-/m0/s1. The summed E-state index contributed by atoms with van der Waals surface area (Å²) in [5, 5.41) is 8.08. The highest BCUT2D eigenvalue weighted by Crippen LogP contribution is 2.41. The lowest BCUT2D eigenvalue weighted by atomic mass is 9.82. The van der Waals surface area contributed by atoms with Crippen molar-refractivity contribution in [2.45, 2.75) is 87.5 Å². The Morgan fingerprint density at radius 1 is 1.16 bits per heavy atom. The second-order valence-electron chi connectivity index (χ2n) is 8.30. The van der Waals surface area contributed by atoms with Crippen molar-refractivity contribution in [1.82, 2.24) is 0 Å². The van der Waals surface area contributed by atoms with Gasteiger partial charge in [0, 0.05) is 5.92 Å². The van der Waals surface area contributed by atoms with Gasteiger partial charge in [-0.05, 0) is 44.0 Å². The Bertz CT molecular complexity index is 484.